The lowest BCUT2D eigenvalue weighted by Gasteiger charge is -2.40. The van der Waals surface area contributed by atoms with Crippen molar-refractivity contribution in [3.8, 4) is 16.9 Å². The summed E-state index contributed by atoms with van der Waals surface area (Å²) in [7, 11) is 2.11. The molecule has 6 rings (SSSR count). The molecule has 3 atom stereocenters. The van der Waals surface area contributed by atoms with E-state index >= 15 is 4.39 Å². The lowest BCUT2D eigenvalue weighted by atomic mass is 9.94. The number of piperazine rings is 1. The number of hydrogen-bond acceptors (Lipinski definition) is 6. The van der Waals surface area contributed by atoms with E-state index in [0.717, 1.165) is 51.6 Å². The summed E-state index contributed by atoms with van der Waals surface area (Å²) in [6, 6.07) is 5.11. The fourth-order valence-corrected chi connectivity index (χ4v) is 6.57. The fraction of sp³-hybridized carbons (Fsp3) is 0.517. The Morgan fingerprint density at radius 2 is 1.87 bits per heavy atom. The summed E-state index contributed by atoms with van der Waals surface area (Å²) in [5, 5.41) is 0.983. The van der Waals surface area contributed by atoms with Crippen molar-refractivity contribution in [1.29, 1.82) is 0 Å². The van der Waals surface area contributed by atoms with Crippen molar-refractivity contribution < 1.29 is 13.5 Å². The molecule has 2 fully saturated rings. The number of rotatable bonds is 4. The van der Waals surface area contributed by atoms with Crippen LogP contribution in [0.5, 0.6) is 5.75 Å². The van der Waals surface area contributed by atoms with Crippen LogP contribution in [0.25, 0.3) is 22.0 Å². The van der Waals surface area contributed by atoms with E-state index in [1.807, 2.05) is 0 Å². The Labute approximate surface area is 231 Å². The summed E-state index contributed by atoms with van der Waals surface area (Å²) in [6.45, 7) is 9.72. The molecule has 0 amide bonds. The van der Waals surface area contributed by atoms with Gasteiger partial charge in [0, 0.05) is 67.9 Å². The molecule has 208 valence electrons. The normalized spacial score (nSPS) is 24.3. The van der Waals surface area contributed by atoms with Crippen LogP contribution in [0.2, 0.25) is 5.02 Å². The molecule has 3 aromatic rings. The van der Waals surface area contributed by atoms with Crippen molar-refractivity contribution in [1.82, 2.24) is 19.4 Å². The maximum atomic E-state index is 15.1. The summed E-state index contributed by atoms with van der Waals surface area (Å²) >= 11 is 6.84. The van der Waals surface area contributed by atoms with Gasteiger partial charge in [0.1, 0.15) is 24.1 Å². The van der Waals surface area contributed by atoms with Gasteiger partial charge in [0.2, 0.25) is 0 Å². The van der Waals surface area contributed by atoms with Crippen molar-refractivity contribution in [2.45, 2.75) is 38.8 Å². The van der Waals surface area contributed by atoms with Crippen LogP contribution in [0.15, 0.2) is 29.1 Å². The SMILES string of the molecule is C[C@H]1CC[C@H](C)N(c2nc(=O)n3c4c(c(-c5ccc(F)cc5F)c(Cl)cc24)OC[C@H]3CN2CCN(C)CC2)C1. The zero-order chi connectivity index (χ0) is 27.4. The number of benzene rings is 2. The van der Waals surface area contributed by atoms with E-state index in [0.29, 0.717) is 40.5 Å². The molecule has 0 radical (unpaired) electrons. The van der Waals surface area contributed by atoms with Gasteiger partial charge >= 0.3 is 5.69 Å². The molecular formula is C29H34ClF2N5O2. The highest BCUT2D eigenvalue weighted by Gasteiger charge is 2.34. The number of hydrogen-bond donors (Lipinski definition) is 0. The van der Waals surface area contributed by atoms with Gasteiger partial charge in [0.05, 0.1) is 16.6 Å². The molecule has 10 heteroatoms. The second-order valence-corrected chi connectivity index (χ2v) is 11.8. The van der Waals surface area contributed by atoms with Gasteiger partial charge in [-0.25, -0.2) is 13.6 Å². The van der Waals surface area contributed by atoms with Crippen LogP contribution >= 0.6 is 11.6 Å². The van der Waals surface area contributed by atoms with Gasteiger partial charge in [-0.1, -0.05) is 18.5 Å². The van der Waals surface area contributed by atoms with E-state index in [4.69, 9.17) is 16.3 Å². The van der Waals surface area contributed by atoms with Crippen LogP contribution in [0.4, 0.5) is 14.6 Å². The van der Waals surface area contributed by atoms with E-state index in [1.165, 1.54) is 12.1 Å². The molecule has 3 aliphatic rings. The number of aromatic nitrogens is 2. The van der Waals surface area contributed by atoms with Crippen molar-refractivity contribution >= 4 is 28.3 Å². The molecule has 2 aromatic carbocycles. The zero-order valence-electron chi connectivity index (χ0n) is 22.6. The summed E-state index contributed by atoms with van der Waals surface area (Å²) < 4.78 is 36.9. The molecule has 0 aliphatic carbocycles. The molecule has 39 heavy (non-hydrogen) atoms. The van der Waals surface area contributed by atoms with E-state index in [-0.39, 0.29) is 35.0 Å². The Bertz CT molecular complexity index is 1470. The molecule has 0 bridgehead atoms. The average molecular weight is 558 g/mol. The molecule has 0 unspecified atom stereocenters. The number of piperidine rings is 1. The average Bonchev–Trinajstić information content (AvgIpc) is 2.90. The van der Waals surface area contributed by atoms with E-state index < -0.39 is 11.6 Å². The number of nitrogens with zero attached hydrogens (tertiary/aromatic N) is 5. The third-order valence-electron chi connectivity index (χ3n) is 8.54. The van der Waals surface area contributed by atoms with Crippen LogP contribution in [-0.4, -0.2) is 78.3 Å². The predicted molar refractivity (Wildman–Crippen MR) is 150 cm³/mol. The fourth-order valence-electron chi connectivity index (χ4n) is 6.27. The molecule has 3 aliphatic heterocycles. The standard InChI is InChI=1S/C29H34ClF2N5O2/c1-17-4-5-18(2)36(14-17)28-22-13-23(30)25(21-7-6-19(31)12-24(21)32)27-26(22)37(29(38)33-28)20(16-39-27)15-35-10-8-34(3)9-11-35/h6-7,12-13,17-18,20H,4-5,8-11,14-16H2,1-3H3/t17-,18-,20+/m0/s1. The third-order valence-corrected chi connectivity index (χ3v) is 8.83. The lowest BCUT2D eigenvalue weighted by molar-refractivity contribution is 0.116. The van der Waals surface area contributed by atoms with Crippen molar-refractivity contribution in [2.75, 3.05) is 57.8 Å². The first-order chi connectivity index (χ1) is 18.7. The zero-order valence-corrected chi connectivity index (χ0v) is 23.3. The van der Waals surface area contributed by atoms with E-state index in [1.54, 1.807) is 10.6 Å². The highest BCUT2D eigenvalue weighted by atomic mass is 35.5. The van der Waals surface area contributed by atoms with Crippen LogP contribution in [-0.2, 0) is 0 Å². The summed E-state index contributed by atoms with van der Waals surface area (Å²) in [5.74, 6) is -0.0273. The molecule has 1 aromatic heterocycles. The van der Waals surface area contributed by atoms with E-state index in [9.17, 15) is 9.18 Å². The Morgan fingerprint density at radius 1 is 1.10 bits per heavy atom. The largest absolute Gasteiger partial charge is 0.488 e. The number of ether oxygens (including phenoxy) is 1. The van der Waals surface area contributed by atoms with Crippen molar-refractivity contribution in [3.63, 3.8) is 0 Å². The second kappa shape index (κ2) is 10.3. The molecule has 2 saturated heterocycles. The first kappa shape index (κ1) is 26.5. The van der Waals surface area contributed by atoms with Crippen LogP contribution in [0.1, 0.15) is 32.7 Å². The first-order valence-corrected chi connectivity index (χ1v) is 14.1. The first-order valence-electron chi connectivity index (χ1n) is 13.8. The van der Waals surface area contributed by atoms with Crippen LogP contribution in [0.3, 0.4) is 0 Å². The smallest absolute Gasteiger partial charge is 0.350 e. The Morgan fingerprint density at radius 3 is 2.62 bits per heavy atom. The molecule has 0 spiro atoms. The lowest BCUT2D eigenvalue weighted by Crippen LogP contribution is -2.49. The summed E-state index contributed by atoms with van der Waals surface area (Å²) in [5.41, 5.74) is 0.682. The number of likely N-dealkylation sites (N-methyl/N-ethyl adjacent to an activating group) is 1. The highest BCUT2D eigenvalue weighted by Crippen LogP contribution is 2.47. The van der Waals surface area contributed by atoms with Gasteiger partial charge in [0.15, 0.2) is 5.75 Å². The van der Waals surface area contributed by atoms with Gasteiger partial charge in [0.25, 0.3) is 0 Å². The Hall–Kier alpha value is -2.75. The predicted octanol–water partition coefficient (Wildman–Crippen LogP) is 4.80. The third kappa shape index (κ3) is 4.78. The quantitative estimate of drug-likeness (QED) is 0.459. The van der Waals surface area contributed by atoms with E-state index in [2.05, 4.69) is 40.6 Å². The minimum absolute atomic E-state index is 0.133. The Kier molecular flexibility index (Phi) is 7.02. The van der Waals surface area contributed by atoms with Gasteiger partial charge in [-0.05, 0) is 50.9 Å². The number of anilines is 1. The molecular weight excluding hydrogens is 524 g/mol. The molecule has 0 saturated carbocycles. The van der Waals surface area contributed by atoms with Gasteiger partial charge in [-0.15, -0.1) is 0 Å². The molecule has 0 N–H and O–H groups in total. The second-order valence-electron chi connectivity index (χ2n) is 11.4. The van der Waals surface area contributed by atoms with Crippen LogP contribution < -0.4 is 15.3 Å². The molecule has 4 heterocycles. The van der Waals surface area contributed by atoms with Crippen molar-refractivity contribution in [2.24, 2.45) is 5.92 Å². The van der Waals surface area contributed by atoms with Gasteiger partial charge < -0.3 is 14.5 Å². The summed E-state index contributed by atoms with van der Waals surface area (Å²) in [6.07, 6.45) is 2.11. The monoisotopic (exact) mass is 557 g/mol. The number of halogens is 3. The molecule has 7 nitrogen and oxygen atoms in total. The minimum Gasteiger partial charge on any atom is -0.488 e. The Balaban J connectivity index is 1.56. The minimum atomic E-state index is -0.739. The van der Waals surface area contributed by atoms with Crippen LogP contribution in [0, 0.1) is 17.6 Å². The summed E-state index contributed by atoms with van der Waals surface area (Å²) in [4.78, 5) is 25.3. The maximum Gasteiger partial charge on any atom is 0.350 e. The van der Waals surface area contributed by atoms with Crippen molar-refractivity contribution in [3.05, 3.63) is 51.4 Å². The maximum absolute atomic E-state index is 15.1. The van der Waals surface area contributed by atoms with Gasteiger partial charge in [-0.2, -0.15) is 4.98 Å². The highest BCUT2D eigenvalue weighted by molar-refractivity contribution is 6.35. The topological polar surface area (TPSA) is 53.8 Å². The van der Waals surface area contributed by atoms with Gasteiger partial charge in [-0.3, -0.25) is 9.47 Å².